The van der Waals surface area contributed by atoms with Crippen molar-refractivity contribution in [3.63, 3.8) is 0 Å². The van der Waals surface area contributed by atoms with Gasteiger partial charge in [-0.1, -0.05) is 6.07 Å². The topological polar surface area (TPSA) is 61.8 Å². The summed E-state index contributed by atoms with van der Waals surface area (Å²) in [5, 5.41) is 0.256. The zero-order valence-corrected chi connectivity index (χ0v) is 15.8. The Balaban J connectivity index is 1.91. The molecule has 3 rings (SSSR count). The summed E-state index contributed by atoms with van der Waals surface area (Å²) in [7, 11) is -4.67. The standard InChI is InChI=1S/C16H6F7O5PS/c17-10-11(18)13(20)15(14(21)12(10)19)26-16(24)9-4-7-3-6(1-2-8(7)30-9)5-29(25,27-22)28-23/h1-4H,5H2. The lowest BCUT2D eigenvalue weighted by atomic mass is 10.2. The summed E-state index contributed by atoms with van der Waals surface area (Å²) < 4.78 is 113. The van der Waals surface area contributed by atoms with E-state index in [4.69, 9.17) is 0 Å². The largest absolute Gasteiger partial charge is 0.416 e. The molecular formula is C16H6F7O5PS. The molecule has 0 aliphatic rings. The molecule has 0 fully saturated rings. The molecule has 0 bridgehead atoms. The Morgan fingerprint density at radius 1 is 0.900 bits per heavy atom. The Bertz CT molecular complexity index is 1160. The molecule has 3 aromatic rings. The van der Waals surface area contributed by atoms with Crippen LogP contribution in [0.4, 0.5) is 31.0 Å². The first kappa shape index (κ1) is 22.2. The van der Waals surface area contributed by atoms with E-state index in [9.17, 15) is 40.4 Å². The average Bonchev–Trinajstić information content (AvgIpc) is 3.17. The number of carbonyl (C=O) groups is 1. The summed E-state index contributed by atoms with van der Waals surface area (Å²) in [6.07, 6.45) is -0.796. The van der Waals surface area contributed by atoms with Gasteiger partial charge in [-0.3, -0.25) is 4.57 Å². The molecule has 0 saturated heterocycles. The first-order valence-corrected chi connectivity index (χ1v) is 10.1. The van der Waals surface area contributed by atoms with Crippen LogP contribution in [0.25, 0.3) is 10.1 Å². The van der Waals surface area contributed by atoms with E-state index >= 15 is 0 Å². The minimum Gasteiger partial charge on any atom is -0.416 e. The average molecular weight is 474 g/mol. The van der Waals surface area contributed by atoms with E-state index in [-0.39, 0.29) is 15.8 Å². The first-order chi connectivity index (χ1) is 14.1. The molecule has 0 amide bonds. The summed E-state index contributed by atoms with van der Waals surface area (Å²) in [5.74, 6) is -14.8. The monoisotopic (exact) mass is 474 g/mol. The lowest BCUT2D eigenvalue weighted by Gasteiger charge is -2.07. The van der Waals surface area contributed by atoms with Gasteiger partial charge in [0.15, 0.2) is 0 Å². The highest BCUT2D eigenvalue weighted by molar-refractivity contribution is 7.52. The molecule has 14 heteroatoms. The lowest BCUT2D eigenvalue weighted by Crippen LogP contribution is -2.12. The van der Waals surface area contributed by atoms with E-state index < -0.39 is 54.6 Å². The van der Waals surface area contributed by atoms with Crippen molar-refractivity contribution in [3.05, 3.63) is 63.8 Å². The van der Waals surface area contributed by atoms with Crippen LogP contribution in [-0.4, -0.2) is 5.97 Å². The zero-order valence-electron chi connectivity index (χ0n) is 14.1. The molecule has 2 aromatic carbocycles. The Labute approximate surface area is 165 Å². The van der Waals surface area contributed by atoms with E-state index in [0.717, 1.165) is 17.4 Å². The van der Waals surface area contributed by atoms with E-state index in [1.807, 2.05) is 0 Å². The molecule has 0 radical (unpaired) electrons. The second-order valence-electron chi connectivity index (χ2n) is 5.68. The number of esters is 1. The highest BCUT2D eigenvalue weighted by atomic mass is 32.1. The SMILES string of the molecule is O=C(Oc1c(F)c(F)c(F)c(F)c1F)c1cc2cc(CP(=O)(OF)OF)ccc2s1. The van der Waals surface area contributed by atoms with Crippen molar-refractivity contribution in [2.24, 2.45) is 0 Å². The third-order valence-electron chi connectivity index (χ3n) is 3.73. The van der Waals surface area contributed by atoms with Crippen LogP contribution in [0, 0.1) is 29.1 Å². The van der Waals surface area contributed by atoms with E-state index in [0.29, 0.717) is 4.70 Å². The molecule has 0 aliphatic heterocycles. The maximum absolute atomic E-state index is 13.7. The van der Waals surface area contributed by atoms with Gasteiger partial charge < -0.3 is 4.74 Å². The Hall–Kier alpha value is -2.47. The molecule has 0 N–H and O–H groups in total. The van der Waals surface area contributed by atoms with Gasteiger partial charge >= 0.3 is 13.6 Å². The highest BCUT2D eigenvalue weighted by Gasteiger charge is 2.30. The van der Waals surface area contributed by atoms with Crippen molar-refractivity contribution in [1.29, 1.82) is 0 Å². The normalized spacial score (nSPS) is 11.8. The highest BCUT2D eigenvalue weighted by Crippen LogP contribution is 2.52. The van der Waals surface area contributed by atoms with Gasteiger partial charge in [-0.05, 0) is 38.2 Å². The van der Waals surface area contributed by atoms with Crippen LogP contribution < -0.4 is 4.74 Å². The predicted octanol–water partition coefficient (Wildman–Crippen LogP) is 6.31. The first-order valence-electron chi connectivity index (χ1n) is 7.56. The number of benzene rings is 2. The van der Waals surface area contributed by atoms with Gasteiger partial charge in [0, 0.05) is 4.70 Å². The van der Waals surface area contributed by atoms with Crippen LogP contribution in [0.3, 0.4) is 0 Å². The fourth-order valence-corrected chi connectivity index (χ4v) is 4.07. The summed E-state index contributed by atoms with van der Waals surface area (Å²) in [6, 6.07) is 5.01. The second kappa shape index (κ2) is 8.34. The molecule has 0 unspecified atom stereocenters. The third kappa shape index (κ3) is 4.06. The van der Waals surface area contributed by atoms with Gasteiger partial charge in [-0.25, -0.2) is 18.0 Å². The lowest BCUT2D eigenvalue weighted by molar-refractivity contribution is -0.0881. The molecule has 5 nitrogen and oxygen atoms in total. The number of hydrogen-bond donors (Lipinski definition) is 0. The van der Waals surface area contributed by atoms with Crippen molar-refractivity contribution in [1.82, 2.24) is 0 Å². The van der Waals surface area contributed by atoms with Gasteiger partial charge in [0.25, 0.3) is 0 Å². The van der Waals surface area contributed by atoms with Gasteiger partial charge in [0.05, 0.1) is 6.16 Å². The fraction of sp³-hybridized carbons (Fsp3) is 0.0625. The Morgan fingerprint density at radius 3 is 2.03 bits per heavy atom. The number of fused-ring (bicyclic) bond motifs is 1. The van der Waals surface area contributed by atoms with E-state index in [1.54, 1.807) is 0 Å². The van der Waals surface area contributed by atoms with Crippen molar-refractivity contribution in [2.45, 2.75) is 6.16 Å². The maximum atomic E-state index is 13.7. The number of halogens is 7. The van der Waals surface area contributed by atoms with Crippen LogP contribution in [0.5, 0.6) is 5.75 Å². The zero-order chi connectivity index (χ0) is 22.2. The third-order valence-corrected chi connectivity index (χ3v) is 6.00. The smallest absolute Gasteiger partial charge is 0.399 e. The van der Waals surface area contributed by atoms with Gasteiger partial charge in [0.2, 0.25) is 34.8 Å². The van der Waals surface area contributed by atoms with Crippen LogP contribution in [-0.2, 0) is 20.2 Å². The molecule has 0 spiro atoms. The van der Waals surface area contributed by atoms with E-state index in [1.165, 1.54) is 18.2 Å². The molecule has 160 valence electrons. The number of ether oxygens (including phenoxy) is 1. The van der Waals surface area contributed by atoms with E-state index in [2.05, 4.69) is 14.2 Å². The number of thiophene rings is 1. The quantitative estimate of drug-likeness (QED) is 0.105. The summed E-state index contributed by atoms with van der Waals surface area (Å²) in [5.41, 5.74) is 0.0821. The molecular weight excluding hydrogens is 468 g/mol. The number of carbonyl (C=O) groups excluding carboxylic acids is 1. The summed E-state index contributed by atoms with van der Waals surface area (Å²) in [6.45, 7) is 0. The van der Waals surface area contributed by atoms with Crippen molar-refractivity contribution < 1.29 is 54.6 Å². The van der Waals surface area contributed by atoms with Gasteiger partial charge in [-0.15, -0.1) is 20.8 Å². The molecule has 1 heterocycles. The Kier molecular flexibility index (Phi) is 6.18. The minimum atomic E-state index is -4.67. The summed E-state index contributed by atoms with van der Waals surface area (Å²) in [4.78, 5) is 11.8. The van der Waals surface area contributed by atoms with Crippen molar-refractivity contribution in [2.75, 3.05) is 0 Å². The number of rotatable bonds is 6. The summed E-state index contributed by atoms with van der Waals surface area (Å²) >= 11 is 0.725. The number of hydrogen-bond acceptors (Lipinski definition) is 6. The molecule has 1 aromatic heterocycles. The second-order valence-corrected chi connectivity index (χ2v) is 8.58. The maximum Gasteiger partial charge on any atom is 0.399 e. The van der Waals surface area contributed by atoms with Crippen LogP contribution >= 0.6 is 18.9 Å². The van der Waals surface area contributed by atoms with Crippen molar-refractivity contribution in [3.8, 4) is 5.75 Å². The minimum absolute atomic E-state index is 0.0821. The van der Waals surface area contributed by atoms with Gasteiger partial charge in [0.1, 0.15) is 4.88 Å². The van der Waals surface area contributed by atoms with Crippen LogP contribution in [0.1, 0.15) is 15.2 Å². The van der Waals surface area contributed by atoms with Crippen LogP contribution in [0.15, 0.2) is 24.3 Å². The molecule has 0 saturated carbocycles. The van der Waals surface area contributed by atoms with Crippen molar-refractivity contribution >= 4 is 35.0 Å². The Morgan fingerprint density at radius 2 is 1.47 bits per heavy atom. The molecule has 0 atom stereocenters. The predicted molar refractivity (Wildman–Crippen MR) is 88.7 cm³/mol. The molecule has 0 aliphatic carbocycles. The van der Waals surface area contributed by atoms with Crippen LogP contribution in [0.2, 0.25) is 0 Å². The van der Waals surface area contributed by atoms with Gasteiger partial charge in [-0.2, -0.15) is 8.78 Å². The fourth-order valence-electron chi connectivity index (χ4n) is 2.39. The molecule has 30 heavy (non-hydrogen) atoms.